The summed E-state index contributed by atoms with van der Waals surface area (Å²) in [5, 5.41) is 0. The van der Waals surface area contributed by atoms with E-state index in [1.165, 1.54) is 22.4 Å². The van der Waals surface area contributed by atoms with Crippen LogP contribution in [0.4, 0.5) is 5.69 Å². The number of hydrogen-bond acceptors (Lipinski definition) is 2. The average Bonchev–Trinajstić information content (AvgIpc) is 2.73. The lowest BCUT2D eigenvalue weighted by molar-refractivity contribution is 0.488. The van der Waals surface area contributed by atoms with Gasteiger partial charge in [-0.1, -0.05) is 62.4 Å². The summed E-state index contributed by atoms with van der Waals surface area (Å²) in [7, 11) is 6.40. The van der Waals surface area contributed by atoms with Gasteiger partial charge < -0.3 is 9.80 Å². The summed E-state index contributed by atoms with van der Waals surface area (Å²) < 4.78 is 0. The molecule has 1 unspecified atom stereocenters. The number of para-hydroxylation sites is 1. The maximum atomic E-state index is 2.43. The quantitative estimate of drug-likeness (QED) is 0.830. The molecule has 23 heavy (non-hydrogen) atoms. The molecular formula is C21H26N2. The molecule has 0 amide bonds. The molecule has 0 spiro atoms. The Morgan fingerprint density at radius 2 is 1.61 bits per heavy atom. The van der Waals surface area contributed by atoms with Crippen LogP contribution in [0.5, 0.6) is 0 Å². The highest BCUT2D eigenvalue weighted by Crippen LogP contribution is 2.48. The fraction of sp³-hybridized carbons (Fsp3) is 0.333. The van der Waals surface area contributed by atoms with Crippen LogP contribution >= 0.6 is 0 Å². The van der Waals surface area contributed by atoms with Gasteiger partial charge in [0, 0.05) is 38.4 Å². The van der Waals surface area contributed by atoms with Crippen molar-refractivity contribution >= 4 is 11.3 Å². The monoisotopic (exact) mass is 306 g/mol. The van der Waals surface area contributed by atoms with Crippen molar-refractivity contribution in [3.8, 4) is 0 Å². The van der Waals surface area contributed by atoms with Gasteiger partial charge in [0.2, 0.25) is 0 Å². The van der Waals surface area contributed by atoms with Gasteiger partial charge in [-0.3, -0.25) is 0 Å². The maximum absolute atomic E-state index is 2.43. The maximum Gasteiger partial charge on any atom is 0.0651 e. The minimum atomic E-state index is 0.0586. The van der Waals surface area contributed by atoms with Gasteiger partial charge in [0.05, 0.1) is 6.04 Å². The highest BCUT2D eigenvalue weighted by molar-refractivity contribution is 5.80. The van der Waals surface area contributed by atoms with Crippen LogP contribution < -0.4 is 4.90 Å². The van der Waals surface area contributed by atoms with Gasteiger partial charge in [0.1, 0.15) is 0 Å². The molecule has 1 aliphatic rings. The summed E-state index contributed by atoms with van der Waals surface area (Å²) >= 11 is 0. The Labute approximate surface area is 140 Å². The number of fused-ring (bicyclic) bond motifs is 1. The van der Waals surface area contributed by atoms with E-state index in [0.29, 0.717) is 6.04 Å². The first-order chi connectivity index (χ1) is 10.9. The third-order valence-electron chi connectivity index (χ3n) is 4.85. The van der Waals surface area contributed by atoms with Crippen LogP contribution in [-0.2, 0) is 5.41 Å². The van der Waals surface area contributed by atoms with Gasteiger partial charge in [-0.2, -0.15) is 0 Å². The molecule has 0 saturated carbocycles. The molecule has 120 valence electrons. The minimum absolute atomic E-state index is 0.0586. The molecule has 0 N–H and O–H groups in total. The molecule has 0 radical (unpaired) electrons. The van der Waals surface area contributed by atoms with E-state index in [1.54, 1.807) is 0 Å². The van der Waals surface area contributed by atoms with E-state index in [4.69, 9.17) is 0 Å². The normalized spacial score (nSPS) is 19.6. The predicted molar refractivity (Wildman–Crippen MR) is 99.8 cm³/mol. The van der Waals surface area contributed by atoms with Crippen molar-refractivity contribution in [2.24, 2.45) is 0 Å². The standard InChI is InChI=1S/C21H26N2/c1-21(2)18-13-9-10-14-19(18)23(5)20(21)17(15-22(3)4)16-11-7-6-8-12-16/h6-15,20H,1-5H3. The van der Waals surface area contributed by atoms with Crippen LogP contribution in [0.25, 0.3) is 5.57 Å². The predicted octanol–water partition coefficient (Wildman–Crippen LogP) is 4.39. The van der Waals surface area contributed by atoms with Gasteiger partial charge >= 0.3 is 0 Å². The molecule has 2 heteroatoms. The summed E-state index contributed by atoms with van der Waals surface area (Å²) in [5.74, 6) is 0. The third kappa shape index (κ3) is 2.63. The second kappa shape index (κ2) is 5.77. The minimum Gasteiger partial charge on any atom is -0.383 e. The molecular weight excluding hydrogens is 280 g/mol. The lowest BCUT2D eigenvalue weighted by Crippen LogP contribution is -2.40. The highest BCUT2D eigenvalue weighted by atomic mass is 15.2. The zero-order chi connectivity index (χ0) is 16.6. The lowest BCUT2D eigenvalue weighted by atomic mass is 9.76. The van der Waals surface area contributed by atoms with Crippen molar-refractivity contribution in [3.05, 3.63) is 71.9 Å². The van der Waals surface area contributed by atoms with Crippen LogP contribution in [0.15, 0.2) is 60.8 Å². The molecule has 0 saturated heterocycles. The first-order valence-electron chi connectivity index (χ1n) is 8.19. The summed E-state index contributed by atoms with van der Waals surface area (Å²) in [6.45, 7) is 4.71. The van der Waals surface area contributed by atoms with Gasteiger partial charge in [0.25, 0.3) is 0 Å². The van der Waals surface area contributed by atoms with E-state index in [2.05, 4.69) is 106 Å². The summed E-state index contributed by atoms with van der Waals surface area (Å²) in [4.78, 5) is 4.58. The molecule has 0 bridgehead atoms. The molecule has 1 aliphatic heterocycles. The Morgan fingerprint density at radius 3 is 2.22 bits per heavy atom. The Kier molecular flexibility index (Phi) is 3.93. The molecule has 0 aromatic heterocycles. The van der Waals surface area contributed by atoms with Crippen LogP contribution in [0.2, 0.25) is 0 Å². The summed E-state index contributed by atoms with van der Waals surface area (Å²) in [5.41, 5.74) is 5.47. The van der Waals surface area contributed by atoms with E-state index >= 15 is 0 Å². The first-order valence-corrected chi connectivity index (χ1v) is 8.19. The van der Waals surface area contributed by atoms with Crippen molar-refractivity contribution in [1.82, 2.24) is 4.90 Å². The number of rotatable bonds is 3. The van der Waals surface area contributed by atoms with Crippen molar-refractivity contribution in [2.45, 2.75) is 25.3 Å². The Hall–Kier alpha value is -2.22. The van der Waals surface area contributed by atoms with Gasteiger partial charge in [0.15, 0.2) is 0 Å². The average molecular weight is 306 g/mol. The van der Waals surface area contributed by atoms with Gasteiger partial charge in [-0.05, 0) is 22.8 Å². The molecule has 2 aromatic carbocycles. The number of likely N-dealkylation sites (N-methyl/N-ethyl adjacent to an activating group) is 1. The van der Waals surface area contributed by atoms with E-state index < -0.39 is 0 Å². The first kappa shape index (κ1) is 15.7. The lowest BCUT2D eigenvalue weighted by Gasteiger charge is -2.35. The molecule has 0 fully saturated rings. The summed E-state index contributed by atoms with van der Waals surface area (Å²) in [6, 6.07) is 19.8. The van der Waals surface area contributed by atoms with E-state index in [-0.39, 0.29) is 5.41 Å². The number of hydrogen-bond donors (Lipinski definition) is 0. The van der Waals surface area contributed by atoms with E-state index in [9.17, 15) is 0 Å². The van der Waals surface area contributed by atoms with Crippen LogP contribution in [0.3, 0.4) is 0 Å². The van der Waals surface area contributed by atoms with Gasteiger partial charge in [-0.25, -0.2) is 0 Å². The molecule has 0 aliphatic carbocycles. The van der Waals surface area contributed by atoms with Crippen molar-refractivity contribution < 1.29 is 0 Å². The number of nitrogens with zero attached hydrogens (tertiary/aromatic N) is 2. The highest BCUT2D eigenvalue weighted by Gasteiger charge is 2.44. The number of anilines is 1. The summed E-state index contributed by atoms with van der Waals surface area (Å²) in [6.07, 6.45) is 2.27. The van der Waals surface area contributed by atoms with Crippen LogP contribution in [-0.4, -0.2) is 32.1 Å². The smallest absolute Gasteiger partial charge is 0.0651 e. The SMILES string of the molecule is CN(C)C=C(c1ccccc1)C1N(C)c2ccccc2C1(C)C. The molecule has 1 atom stereocenters. The fourth-order valence-electron chi connectivity index (χ4n) is 3.91. The molecule has 1 heterocycles. The topological polar surface area (TPSA) is 6.48 Å². The second-order valence-corrected chi connectivity index (χ2v) is 7.17. The van der Waals surface area contributed by atoms with Gasteiger partial charge in [-0.15, -0.1) is 0 Å². The molecule has 2 aromatic rings. The zero-order valence-electron chi connectivity index (χ0n) is 14.7. The Morgan fingerprint density at radius 1 is 1.00 bits per heavy atom. The van der Waals surface area contributed by atoms with E-state index in [1.807, 2.05) is 0 Å². The van der Waals surface area contributed by atoms with Crippen molar-refractivity contribution in [2.75, 3.05) is 26.0 Å². The zero-order valence-corrected chi connectivity index (χ0v) is 14.7. The third-order valence-corrected chi connectivity index (χ3v) is 4.85. The molecule has 2 nitrogen and oxygen atoms in total. The van der Waals surface area contributed by atoms with Crippen molar-refractivity contribution in [1.29, 1.82) is 0 Å². The Balaban J connectivity index is 2.15. The molecule has 3 rings (SSSR count). The number of benzene rings is 2. The van der Waals surface area contributed by atoms with E-state index in [0.717, 1.165) is 0 Å². The van der Waals surface area contributed by atoms with Crippen LogP contribution in [0, 0.1) is 0 Å². The van der Waals surface area contributed by atoms with Crippen molar-refractivity contribution in [3.63, 3.8) is 0 Å². The second-order valence-electron chi connectivity index (χ2n) is 7.17. The largest absolute Gasteiger partial charge is 0.383 e. The Bertz CT molecular complexity index is 714. The fourth-order valence-corrected chi connectivity index (χ4v) is 3.91. The van der Waals surface area contributed by atoms with Crippen LogP contribution in [0.1, 0.15) is 25.0 Å².